The lowest BCUT2D eigenvalue weighted by molar-refractivity contribution is 0.128. The van der Waals surface area contributed by atoms with Gasteiger partial charge in [0.2, 0.25) is 0 Å². The van der Waals surface area contributed by atoms with Crippen molar-refractivity contribution in [3.63, 3.8) is 0 Å². The number of rotatable bonds is 5. The fourth-order valence-electron chi connectivity index (χ4n) is 7.26. The Balaban J connectivity index is 0.933. The minimum absolute atomic E-state index is 0.167. The van der Waals surface area contributed by atoms with Crippen molar-refractivity contribution < 1.29 is 9.90 Å². The molecular weight excluding hydrogens is 512 g/mol. The van der Waals surface area contributed by atoms with Crippen LogP contribution in [-0.2, 0) is 0 Å². The number of benzene rings is 3. The van der Waals surface area contributed by atoms with Crippen LogP contribution < -0.4 is 5.32 Å². The van der Waals surface area contributed by atoms with Gasteiger partial charge in [0.15, 0.2) is 0 Å². The van der Waals surface area contributed by atoms with E-state index in [4.69, 9.17) is 0 Å². The number of imidazole rings is 2. The van der Waals surface area contributed by atoms with Crippen molar-refractivity contribution in [3.05, 3.63) is 84.7 Å². The molecular formula is C33H30N6O2. The van der Waals surface area contributed by atoms with Gasteiger partial charge in [-0.3, -0.25) is 4.90 Å². The molecule has 8 heteroatoms. The van der Waals surface area contributed by atoms with Gasteiger partial charge in [-0.15, -0.1) is 0 Å². The highest BCUT2D eigenvalue weighted by Crippen LogP contribution is 2.53. The average molecular weight is 543 g/mol. The average Bonchev–Trinajstić information content (AvgIpc) is 3.57. The molecule has 0 spiro atoms. The third-order valence-electron chi connectivity index (χ3n) is 9.72. The smallest absolute Gasteiger partial charge is 0.408 e. The van der Waals surface area contributed by atoms with Crippen LogP contribution >= 0.6 is 0 Å². The number of likely N-dealkylation sites (tertiary alicyclic amines) is 1. The summed E-state index contributed by atoms with van der Waals surface area (Å²) < 4.78 is 0. The third-order valence-corrected chi connectivity index (χ3v) is 9.72. The molecule has 6 atom stereocenters. The van der Waals surface area contributed by atoms with Gasteiger partial charge < -0.3 is 20.4 Å². The van der Waals surface area contributed by atoms with Crippen LogP contribution in [0.5, 0.6) is 0 Å². The van der Waals surface area contributed by atoms with E-state index in [2.05, 4.69) is 85.9 Å². The Kier molecular flexibility index (Phi) is 4.85. The molecule has 2 aromatic heterocycles. The zero-order valence-electron chi connectivity index (χ0n) is 22.4. The maximum absolute atomic E-state index is 11.8. The number of carboxylic acid groups (broad SMARTS) is 1. The summed E-state index contributed by atoms with van der Waals surface area (Å²) in [4.78, 5) is 29.6. The van der Waals surface area contributed by atoms with E-state index in [0.29, 0.717) is 18.0 Å². The molecule has 5 aromatic rings. The number of aromatic nitrogens is 4. The molecule has 2 aliphatic carbocycles. The maximum atomic E-state index is 11.8. The summed E-state index contributed by atoms with van der Waals surface area (Å²) in [7, 11) is 0. The highest BCUT2D eigenvalue weighted by molar-refractivity contribution is 5.90. The number of hydrogen-bond donors (Lipinski definition) is 4. The third kappa shape index (κ3) is 3.89. The number of piperidine rings is 2. The standard InChI is InChI=1S/C33H30N6O2/c40-33(41)39-29-13-24(29)14-30(39)32-35-16-28(38-32)22-8-7-20-9-19(5-6-21(20)10-22)17-1-3-18(4-2-17)27-15-34-31(37-27)26-12-23-11-25(23)36-26/h1-10,15-16,23-26,29-30,36H,11-14H2,(H,34,37)(H,35,38)(H,40,41)/t23-,24?,25-,26+,29?,30?/m1/s1. The number of carbonyl (C=O) groups is 1. The van der Waals surface area contributed by atoms with Crippen molar-refractivity contribution in [3.8, 4) is 33.6 Å². The van der Waals surface area contributed by atoms with Gasteiger partial charge in [-0.25, -0.2) is 14.8 Å². The molecule has 9 rings (SSSR count). The molecule has 2 aliphatic heterocycles. The van der Waals surface area contributed by atoms with E-state index in [1.807, 2.05) is 12.4 Å². The predicted octanol–water partition coefficient (Wildman–Crippen LogP) is 6.52. The first kappa shape index (κ1) is 23.3. The first-order chi connectivity index (χ1) is 20.1. The van der Waals surface area contributed by atoms with Crippen molar-refractivity contribution in [2.45, 2.75) is 49.9 Å². The number of hydrogen-bond acceptors (Lipinski definition) is 4. The van der Waals surface area contributed by atoms with Gasteiger partial charge >= 0.3 is 6.09 Å². The number of H-pyrrole nitrogens is 2. The Morgan fingerprint density at radius 2 is 1.39 bits per heavy atom. The van der Waals surface area contributed by atoms with E-state index in [1.54, 1.807) is 4.90 Å². The molecule has 204 valence electrons. The van der Waals surface area contributed by atoms with Crippen LogP contribution in [0.1, 0.15) is 49.4 Å². The molecule has 2 saturated carbocycles. The first-order valence-corrected chi connectivity index (χ1v) is 14.6. The monoisotopic (exact) mass is 542 g/mol. The molecule has 2 saturated heterocycles. The number of aromatic amines is 2. The molecule has 4 fully saturated rings. The van der Waals surface area contributed by atoms with Crippen molar-refractivity contribution in [1.82, 2.24) is 30.2 Å². The molecule has 0 radical (unpaired) electrons. The van der Waals surface area contributed by atoms with Gasteiger partial charge in [-0.05, 0) is 77.1 Å². The zero-order valence-corrected chi connectivity index (χ0v) is 22.4. The number of fused-ring (bicyclic) bond motifs is 3. The van der Waals surface area contributed by atoms with E-state index < -0.39 is 6.09 Å². The van der Waals surface area contributed by atoms with Crippen molar-refractivity contribution in [1.29, 1.82) is 0 Å². The van der Waals surface area contributed by atoms with E-state index >= 15 is 0 Å². The van der Waals surface area contributed by atoms with Gasteiger partial charge in [-0.2, -0.15) is 0 Å². The summed E-state index contributed by atoms with van der Waals surface area (Å²) in [5.41, 5.74) is 6.50. The van der Waals surface area contributed by atoms with E-state index in [1.165, 1.54) is 29.4 Å². The van der Waals surface area contributed by atoms with Crippen LogP contribution in [-0.4, -0.2) is 48.1 Å². The zero-order chi connectivity index (χ0) is 27.2. The second-order valence-corrected chi connectivity index (χ2v) is 12.3. The van der Waals surface area contributed by atoms with Crippen LogP contribution in [0.2, 0.25) is 0 Å². The summed E-state index contributed by atoms with van der Waals surface area (Å²) in [5, 5.41) is 15.7. The Morgan fingerprint density at radius 3 is 2.15 bits per heavy atom. The quantitative estimate of drug-likeness (QED) is 0.202. The second kappa shape index (κ2) is 8.54. The van der Waals surface area contributed by atoms with Crippen LogP contribution in [0, 0.1) is 11.8 Å². The maximum Gasteiger partial charge on any atom is 0.408 e. The second-order valence-electron chi connectivity index (χ2n) is 12.3. The summed E-state index contributed by atoms with van der Waals surface area (Å²) >= 11 is 0. The molecule has 3 aromatic carbocycles. The van der Waals surface area contributed by atoms with Gasteiger partial charge in [-0.1, -0.05) is 48.5 Å². The lowest BCUT2D eigenvalue weighted by Gasteiger charge is -2.22. The first-order valence-electron chi connectivity index (χ1n) is 14.6. The van der Waals surface area contributed by atoms with Crippen LogP contribution in [0.25, 0.3) is 44.4 Å². The van der Waals surface area contributed by atoms with Gasteiger partial charge in [0.1, 0.15) is 11.6 Å². The van der Waals surface area contributed by atoms with E-state index in [-0.39, 0.29) is 12.1 Å². The molecule has 4 heterocycles. The number of nitrogens with zero attached hydrogens (tertiary/aromatic N) is 3. The lowest BCUT2D eigenvalue weighted by Crippen LogP contribution is -2.32. The van der Waals surface area contributed by atoms with Crippen LogP contribution in [0.3, 0.4) is 0 Å². The normalized spacial score (nSPS) is 27.7. The Hall–Kier alpha value is -4.43. The Morgan fingerprint density at radius 1 is 0.732 bits per heavy atom. The minimum atomic E-state index is -0.850. The van der Waals surface area contributed by atoms with Gasteiger partial charge in [0, 0.05) is 17.6 Å². The van der Waals surface area contributed by atoms with E-state index in [0.717, 1.165) is 58.3 Å². The summed E-state index contributed by atoms with van der Waals surface area (Å²) in [5.74, 6) is 3.12. The van der Waals surface area contributed by atoms with E-state index in [9.17, 15) is 9.90 Å². The largest absolute Gasteiger partial charge is 0.465 e. The van der Waals surface area contributed by atoms with Crippen LogP contribution in [0.4, 0.5) is 4.79 Å². The number of nitrogens with one attached hydrogen (secondary N) is 3. The molecule has 0 bridgehead atoms. The minimum Gasteiger partial charge on any atom is -0.465 e. The van der Waals surface area contributed by atoms with Crippen LogP contribution in [0.15, 0.2) is 73.1 Å². The number of amides is 1. The molecule has 8 nitrogen and oxygen atoms in total. The predicted molar refractivity (Wildman–Crippen MR) is 156 cm³/mol. The fraction of sp³-hybridized carbons (Fsp3) is 0.303. The summed E-state index contributed by atoms with van der Waals surface area (Å²) in [6.45, 7) is 0. The van der Waals surface area contributed by atoms with Crippen molar-refractivity contribution >= 4 is 16.9 Å². The Labute approximate surface area is 236 Å². The summed E-state index contributed by atoms with van der Waals surface area (Å²) in [6, 6.07) is 22.7. The molecule has 3 unspecified atom stereocenters. The van der Waals surface area contributed by atoms with Gasteiger partial charge in [0.05, 0.1) is 35.9 Å². The lowest BCUT2D eigenvalue weighted by atomic mass is 9.98. The molecule has 4 N–H and O–H groups in total. The SMILES string of the molecule is O=C(O)N1C(c2ncc(-c3ccc4cc(-c5ccc(-c6cnc([C@@H]7C[C@H]8C[C@H]8N7)[nH]6)cc5)ccc4c3)[nH]2)CC2CC21. The van der Waals surface area contributed by atoms with Gasteiger partial charge in [0.25, 0.3) is 0 Å². The fourth-order valence-corrected chi connectivity index (χ4v) is 7.26. The topological polar surface area (TPSA) is 110 Å². The van der Waals surface area contributed by atoms with Crippen molar-refractivity contribution in [2.24, 2.45) is 11.8 Å². The molecule has 1 amide bonds. The molecule has 41 heavy (non-hydrogen) atoms. The Bertz CT molecular complexity index is 1810. The summed E-state index contributed by atoms with van der Waals surface area (Å²) in [6.07, 6.45) is 7.27. The van der Waals surface area contributed by atoms with Crippen molar-refractivity contribution in [2.75, 3.05) is 0 Å². The highest BCUT2D eigenvalue weighted by atomic mass is 16.4. The molecule has 4 aliphatic rings. The highest BCUT2D eigenvalue weighted by Gasteiger charge is 2.55.